The normalized spacial score (nSPS) is 16.8. The van der Waals surface area contributed by atoms with Gasteiger partial charge in [0.2, 0.25) is 5.90 Å². The fourth-order valence-corrected chi connectivity index (χ4v) is 4.14. The number of methoxy groups -OCH3 is 2. The molecular formula is C26H24ClN3O5. The molecule has 4 rings (SSSR count). The number of cyclic esters (lactones) is 1. The lowest BCUT2D eigenvalue weighted by molar-refractivity contribution is -0.139. The first-order valence-corrected chi connectivity index (χ1v) is 11.2. The molecule has 1 atom stereocenters. The number of ether oxygens (including phenoxy) is 3. The van der Waals surface area contributed by atoms with Crippen LogP contribution in [-0.2, 0) is 26.2 Å². The second-order valence-electron chi connectivity index (χ2n) is 7.94. The fraction of sp³-hybridized carbons (Fsp3) is 0.192. The van der Waals surface area contributed by atoms with Crippen LogP contribution in [0.5, 0.6) is 5.75 Å². The molecule has 9 heteroatoms. The highest BCUT2D eigenvalue weighted by Gasteiger charge is 2.50. The Balaban J connectivity index is 1.84. The van der Waals surface area contributed by atoms with Crippen LogP contribution in [0.25, 0.3) is 0 Å². The minimum atomic E-state index is -1.44. The van der Waals surface area contributed by atoms with E-state index in [0.29, 0.717) is 16.8 Å². The number of carbonyl (C=O) groups is 2. The molecule has 3 aromatic rings. The average molecular weight is 494 g/mol. The van der Waals surface area contributed by atoms with Crippen LogP contribution in [0, 0.1) is 6.92 Å². The van der Waals surface area contributed by atoms with Gasteiger partial charge in [0.15, 0.2) is 5.54 Å². The molecule has 180 valence electrons. The van der Waals surface area contributed by atoms with Crippen LogP contribution in [0.15, 0.2) is 71.7 Å². The van der Waals surface area contributed by atoms with E-state index in [0.717, 1.165) is 11.1 Å². The molecule has 0 aliphatic carbocycles. The maximum atomic E-state index is 13.5. The Hall–Kier alpha value is -4.04. The number of rotatable bonds is 7. The minimum Gasteiger partial charge on any atom is -0.495 e. The van der Waals surface area contributed by atoms with E-state index in [1.54, 1.807) is 12.1 Å². The average Bonchev–Trinajstić information content (AvgIpc) is 3.20. The van der Waals surface area contributed by atoms with Gasteiger partial charge in [-0.15, -0.1) is 0 Å². The summed E-state index contributed by atoms with van der Waals surface area (Å²) >= 11 is 6.62. The predicted octanol–water partition coefficient (Wildman–Crippen LogP) is 4.78. The molecule has 0 fully saturated rings. The molecule has 2 N–H and O–H groups in total. The molecule has 0 spiro atoms. The number of anilines is 1. The van der Waals surface area contributed by atoms with Gasteiger partial charge in [-0.2, -0.15) is 0 Å². The maximum absolute atomic E-state index is 13.5. The van der Waals surface area contributed by atoms with Crippen LogP contribution in [0.1, 0.15) is 22.3 Å². The number of carbonyl (C=O) groups excluding carboxylic acids is 2. The molecule has 0 radical (unpaired) electrons. The summed E-state index contributed by atoms with van der Waals surface area (Å²) < 4.78 is 15.9. The number of hydrogen-bond acceptors (Lipinski definition) is 7. The SMILES string of the molecule is COC(=O)NNc1ccc([C@@]2(Cc3ccccc3)N=C(c3ccc(C)cc3)OC2=O)c(OC)c1Cl. The van der Waals surface area contributed by atoms with Gasteiger partial charge >= 0.3 is 12.1 Å². The number of nitrogens with zero attached hydrogens (tertiary/aromatic N) is 1. The molecule has 1 amide bonds. The van der Waals surface area contributed by atoms with E-state index in [-0.39, 0.29) is 23.1 Å². The summed E-state index contributed by atoms with van der Waals surface area (Å²) in [7, 11) is 2.69. The zero-order chi connectivity index (χ0) is 25.0. The largest absolute Gasteiger partial charge is 0.495 e. The molecule has 0 saturated carbocycles. The summed E-state index contributed by atoms with van der Waals surface area (Å²) in [6.07, 6.45) is -0.474. The van der Waals surface area contributed by atoms with E-state index in [1.165, 1.54) is 14.2 Å². The summed E-state index contributed by atoms with van der Waals surface area (Å²) in [6, 6.07) is 20.4. The van der Waals surface area contributed by atoms with E-state index >= 15 is 0 Å². The Morgan fingerprint density at radius 1 is 1.06 bits per heavy atom. The third kappa shape index (κ3) is 4.79. The predicted molar refractivity (Wildman–Crippen MR) is 133 cm³/mol. The first kappa shape index (κ1) is 24.1. The van der Waals surface area contributed by atoms with Gasteiger partial charge in [0.1, 0.15) is 10.8 Å². The third-order valence-electron chi connectivity index (χ3n) is 5.65. The van der Waals surface area contributed by atoms with Gasteiger partial charge in [0.25, 0.3) is 0 Å². The molecule has 35 heavy (non-hydrogen) atoms. The highest BCUT2D eigenvalue weighted by molar-refractivity contribution is 6.35. The van der Waals surface area contributed by atoms with Gasteiger partial charge in [-0.1, -0.05) is 65.7 Å². The summed E-state index contributed by atoms with van der Waals surface area (Å²) in [6.45, 7) is 1.98. The number of amides is 1. The van der Waals surface area contributed by atoms with Crippen molar-refractivity contribution < 1.29 is 23.8 Å². The van der Waals surface area contributed by atoms with Crippen molar-refractivity contribution in [3.63, 3.8) is 0 Å². The van der Waals surface area contributed by atoms with Gasteiger partial charge in [-0.05, 0) is 30.7 Å². The van der Waals surface area contributed by atoms with E-state index < -0.39 is 17.6 Å². The molecule has 1 aliphatic heterocycles. The van der Waals surface area contributed by atoms with Crippen LogP contribution in [0.4, 0.5) is 10.5 Å². The highest BCUT2D eigenvalue weighted by Crippen LogP contribution is 2.46. The molecule has 8 nitrogen and oxygen atoms in total. The standard InChI is InChI=1S/C26H24ClN3O5/c1-16-9-11-18(12-10-16)23-28-26(24(31)35-23,15-17-7-5-4-6-8-17)19-13-14-20(21(27)22(19)33-2)29-30-25(32)34-3/h4-14,29H,15H2,1-3H3,(H,30,32)/t26-/m1/s1. The number of aryl methyl sites for hydroxylation is 1. The minimum absolute atomic E-state index is 0.153. The topological polar surface area (TPSA) is 98.3 Å². The van der Waals surface area contributed by atoms with Crippen molar-refractivity contribution in [2.45, 2.75) is 18.9 Å². The lowest BCUT2D eigenvalue weighted by Crippen LogP contribution is -2.34. The molecule has 1 aliphatic rings. The Bertz CT molecular complexity index is 1280. The fourth-order valence-electron chi connectivity index (χ4n) is 3.85. The van der Waals surface area contributed by atoms with Crippen LogP contribution in [-0.4, -0.2) is 32.2 Å². The van der Waals surface area contributed by atoms with Gasteiger partial charge in [0.05, 0.1) is 19.9 Å². The smallest absolute Gasteiger partial charge is 0.425 e. The number of aliphatic imine (C=N–C) groups is 1. The van der Waals surface area contributed by atoms with E-state index in [2.05, 4.69) is 15.6 Å². The lowest BCUT2D eigenvalue weighted by Gasteiger charge is -2.26. The van der Waals surface area contributed by atoms with E-state index in [1.807, 2.05) is 61.5 Å². The zero-order valence-corrected chi connectivity index (χ0v) is 20.2. The Labute approximate surface area is 207 Å². The summed E-state index contributed by atoms with van der Waals surface area (Å²) in [5, 5.41) is 0.153. The van der Waals surface area contributed by atoms with Gasteiger partial charge < -0.3 is 14.2 Å². The second-order valence-corrected chi connectivity index (χ2v) is 8.32. The van der Waals surface area contributed by atoms with Gasteiger partial charge in [-0.3, -0.25) is 5.43 Å². The van der Waals surface area contributed by atoms with Gasteiger partial charge in [-0.25, -0.2) is 20.0 Å². The molecule has 1 heterocycles. The molecule has 3 aromatic carbocycles. The lowest BCUT2D eigenvalue weighted by atomic mass is 9.83. The first-order valence-electron chi connectivity index (χ1n) is 10.8. The van der Waals surface area contributed by atoms with Crippen molar-refractivity contribution in [1.82, 2.24) is 5.43 Å². The summed E-state index contributed by atoms with van der Waals surface area (Å²) in [4.78, 5) is 29.8. The first-order chi connectivity index (χ1) is 16.9. The number of hydrogen-bond donors (Lipinski definition) is 2. The molecule has 0 aromatic heterocycles. The summed E-state index contributed by atoms with van der Waals surface area (Å²) in [5.41, 5.74) is 7.02. The number of benzene rings is 3. The number of halogens is 1. The second kappa shape index (κ2) is 10.1. The molecule has 0 unspecified atom stereocenters. The number of hydrazine groups is 1. The summed E-state index contributed by atoms with van der Waals surface area (Å²) in [5.74, 6) is -0.0940. The van der Waals surface area contributed by atoms with Crippen LogP contribution in [0.3, 0.4) is 0 Å². The van der Waals surface area contributed by atoms with Crippen LogP contribution < -0.4 is 15.6 Å². The van der Waals surface area contributed by atoms with E-state index in [9.17, 15) is 9.59 Å². The number of esters is 1. The van der Waals surface area contributed by atoms with Crippen molar-refractivity contribution >= 4 is 35.2 Å². The van der Waals surface area contributed by atoms with Crippen LogP contribution in [0.2, 0.25) is 5.02 Å². The van der Waals surface area contributed by atoms with Crippen LogP contribution >= 0.6 is 11.6 Å². The molecule has 0 bridgehead atoms. The van der Waals surface area contributed by atoms with Crippen molar-refractivity contribution in [2.24, 2.45) is 4.99 Å². The van der Waals surface area contributed by atoms with Crippen molar-refractivity contribution in [1.29, 1.82) is 0 Å². The van der Waals surface area contributed by atoms with Gasteiger partial charge in [0, 0.05) is 17.5 Å². The monoisotopic (exact) mass is 493 g/mol. The highest BCUT2D eigenvalue weighted by atomic mass is 35.5. The zero-order valence-electron chi connectivity index (χ0n) is 19.4. The third-order valence-corrected chi connectivity index (χ3v) is 6.03. The Morgan fingerprint density at radius 3 is 2.43 bits per heavy atom. The molecular weight excluding hydrogens is 470 g/mol. The van der Waals surface area contributed by atoms with Crippen molar-refractivity contribution in [3.8, 4) is 5.75 Å². The maximum Gasteiger partial charge on any atom is 0.425 e. The quantitative estimate of drug-likeness (QED) is 0.363. The van der Waals surface area contributed by atoms with Crippen molar-refractivity contribution in [2.75, 3.05) is 19.6 Å². The van der Waals surface area contributed by atoms with Crippen molar-refractivity contribution in [3.05, 3.63) is 94.0 Å². The number of nitrogens with one attached hydrogen (secondary N) is 2. The Morgan fingerprint density at radius 2 is 1.77 bits per heavy atom. The molecule has 0 saturated heterocycles. The van der Waals surface area contributed by atoms with E-state index in [4.69, 9.17) is 26.1 Å². The Kier molecular flexibility index (Phi) is 6.93.